The number of aliphatic hydroxyl groups is 1. The normalized spacial score (nSPS) is 29.9. The monoisotopic (exact) mass is 371 g/mol. The van der Waals surface area contributed by atoms with Crippen molar-refractivity contribution < 1.29 is 14.6 Å². The number of hydrogen-bond donors (Lipinski definition) is 1. The van der Waals surface area contributed by atoms with Crippen LogP contribution in [0, 0.1) is 18.3 Å². The van der Waals surface area contributed by atoms with Crippen LogP contribution in [-0.2, 0) is 4.79 Å². The van der Waals surface area contributed by atoms with Gasteiger partial charge in [-0.05, 0) is 82.4 Å². The third kappa shape index (κ3) is 3.49. The quantitative estimate of drug-likeness (QED) is 0.869. The molecule has 0 atom stereocenters. The van der Waals surface area contributed by atoms with Crippen LogP contribution in [0.25, 0.3) is 0 Å². The Balaban J connectivity index is 1.32. The van der Waals surface area contributed by atoms with Gasteiger partial charge in [-0.25, -0.2) is 0 Å². The molecule has 1 aromatic carbocycles. The van der Waals surface area contributed by atoms with Crippen molar-refractivity contribution in [1.29, 1.82) is 0 Å². The fraction of sp³-hybridized carbons (Fsp3) is 0.696. The first-order valence-electron chi connectivity index (χ1n) is 10.6. The molecule has 3 fully saturated rings. The number of ether oxygens (including phenoxy) is 1. The first kappa shape index (κ1) is 18.8. The van der Waals surface area contributed by atoms with Crippen LogP contribution in [0.3, 0.4) is 0 Å². The average Bonchev–Trinajstić information content (AvgIpc) is 2.59. The molecule has 1 spiro atoms. The fourth-order valence-corrected chi connectivity index (χ4v) is 5.60. The van der Waals surface area contributed by atoms with E-state index in [1.165, 1.54) is 36.8 Å². The van der Waals surface area contributed by atoms with Crippen LogP contribution in [0.2, 0.25) is 0 Å². The maximum atomic E-state index is 12.6. The van der Waals surface area contributed by atoms with Gasteiger partial charge in [0.25, 0.3) is 0 Å². The van der Waals surface area contributed by atoms with E-state index in [0.717, 1.165) is 18.8 Å². The SMILES string of the molecule is CCOc1cccc(C2CCC3(CC2)CN(C(=O)[C@H]2C[C@@](C)(O)C2)C3)c1C. The molecule has 2 aliphatic carbocycles. The molecule has 1 aliphatic heterocycles. The molecule has 0 aromatic heterocycles. The summed E-state index contributed by atoms with van der Waals surface area (Å²) in [7, 11) is 0. The summed E-state index contributed by atoms with van der Waals surface area (Å²) >= 11 is 0. The number of carbonyl (C=O) groups excluding carboxylic acids is 1. The van der Waals surface area contributed by atoms with Crippen molar-refractivity contribution in [2.24, 2.45) is 11.3 Å². The summed E-state index contributed by atoms with van der Waals surface area (Å²) in [6.07, 6.45) is 6.09. The molecule has 4 nitrogen and oxygen atoms in total. The Bertz CT molecular complexity index is 702. The van der Waals surface area contributed by atoms with Crippen molar-refractivity contribution in [3.05, 3.63) is 29.3 Å². The number of nitrogens with zero attached hydrogens (tertiary/aromatic N) is 1. The van der Waals surface area contributed by atoms with Gasteiger partial charge in [-0.15, -0.1) is 0 Å². The minimum atomic E-state index is -0.616. The van der Waals surface area contributed by atoms with Crippen LogP contribution in [-0.4, -0.2) is 41.2 Å². The smallest absolute Gasteiger partial charge is 0.225 e. The van der Waals surface area contributed by atoms with E-state index in [9.17, 15) is 9.90 Å². The van der Waals surface area contributed by atoms with Gasteiger partial charge in [0.1, 0.15) is 5.75 Å². The highest BCUT2D eigenvalue weighted by atomic mass is 16.5. The predicted molar refractivity (Wildman–Crippen MR) is 106 cm³/mol. The molecule has 1 saturated heterocycles. The standard InChI is InChI=1S/C23H33NO3/c1-4-27-20-7-5-6-19(16(20)2)17-8-10-23(11-9-17)14-24(15-23)21(25)18-12-22(3,26)13-18/h5-7,17-18,26H,4,8-15H2,1-3H3/t18-,22+. The van der Waals surface area contributed by atoms with E-state index >= 15 is 0 Å². The Morgan fingerprint density at radius 3 is 2.52 bits per heavy atom. The Morgan fingerprint density at radius 1 is 1.26 bits per heavy atom. The predicted octanol–water partition coefficient (Wildman–Crippen LogP) is 4.04. The molecule has 1 heterocycles. The first-order chi connectivity index (χ1) is 12.8. The molecule has 0 unspecified atom stereocenters. The lowest BCUT2D eigenvalue weighted by atomic mass is 9.63. The summed E-state index contributed by atoms with van der Waals surface area (Å²) in [5.41, 5.74) is 2.47. The van der Waals surface area contributed by atoms with Crippen molar-refractivity contribution in [1.82, 2.24) is 4.90 Å². The second-order valence-electron chi connectivity index (χ2n) is 9.47. The Labute approximate surface area is 162 Å². The first-order valence-corrected chi connectivity index (χ1v) is 10.6. The number of hydrogen-bond acceptors (Lipinski definition) is 3. The highest BCUT2D eigenvalue weighted by Gasteiger charge is 2.51. The minimum absolute atomic E-state index is 0.0534. The van der Waals surface area contributed by atoms with Gasteiger partial charge in [-0.2, -0.15) is 0 Å². The Kier molecular flexibility index (Phi) is 4.74. The molecular formula is C23H33NO3. The molecule has 27 heavy (non-hydrogen) atoms. The summed E-state index contributed by atoms with van der Waals surface area (Å²) in [6.45, 7) is 8.60. The maximum Gasteiger partial charge on any atom is 0.225 e. The van der Waals surface area contributed by atoms with Crippen molar-refractivity contribution in [2.75, 3.05) is 19.7 Å². The molecule has 1 N–H and O–H groups in total. The van der Waals surface area contributed by atoms with Crippen molar-refractivity contribution >= 4 is 5.91 Å². The number of carbonyl (C=O) groups is 1. The lowest BCUT2D eigenvalue weighted by Crippen LogP contribution is -2.62. The zero-order valence-electron chi connectivity index (χ0n) is 17.0. The largest absolute Gasteiger partial charge is 0.494 e. The van der Waals surface area contributed by atoms with Crippen LogP contribution in [0.1, 0.15) is 69.4 Å². The average molecular weight is 372 g/mol. The van der Waals surface area contributed by atoms with E-state index in [-0.39, 0.29) is 11.8 Å². The molecule has 0 bridgehead atoms. The van der Waals surface area contributed by atoms with E-state index in [2.05, 4.69) is 25.1 Å². The van der Waals surface area contributed by atoms with Gasteiger partial charge < -0.3 is 14.7 Å². The minimum Gasteiger partial charge on any atom is -0.494 e. The Hall–Kier alpha value is -1.55. The van der Waals surface area contributed by atoms with Crippen molar-refractivity contribution in [2.45, 2.75) is 70.8 Å². The second kappa shape index (κ2) is 6.80. The summed E-state index contributed by atoms with van der Waals surface area (Å²) in [5.74, 6) is 1.96. The third-order valence-electron chi connectivity index (χ3n) is 7.20. The number of benzene rings is 1. The fourth-order valence-electron chi connectivity index (χ4n) is 5.60. The number of amides is 1. The van der Waals surface area contributed by atoms with Gasteiger partial charge in [0.05, 0.1) is 12.2 Å². The van der Waals surface area contributed by atoms with E-state index < -0.39 is 5.60 Å². The molecule has 2 saturated carbocycles. The van der Waals surface area contributed by atoms with Gasteiger partial charge >= 0.3 is 0 Å². The van der Waals surface area contributed by atoms with E-state index in [1.54, 1.807) is 0 Å². The second-order valence-corrected chi connectivity index (χ2v) is 9.47. The van der Waals surface area contributed by atoms with E-state index in [1.807, 2.05) is 18.7 Å². The van der Waals surface area contributed by atoms with Crippen molar-refractivity contribution in [3.8, 4) is 5.75 Å². The number of rotatable bonds is 4. The highest BCUT2D eigenvalue weighted by molar-refractivity contribution is 5.81. The maximum absolute atomic E-state index is 12.6. The molecule has 4 heteroatoms. The Morgan fingerprint density at radius 2 is 1.93 bits per heavy atom. The molecule has 1 aromatic rings. The number of likely N-dealkylation sites (tertiary alicyclic amines) is 1. The van der Waals surface area contributed by atoms with Gasteiger partial charge in [0.15, 0.2) is 0 Å². The topological polar surface area (TPSA) is 49.8 Å². The van der Waals surface area contributed by atoms with E-state index in [4.69, 9.17) is 4.74 Å². The molecule has 3 aliphatic rings. The van der Waals surface area contributed by atoms with Gasteiger partial charge in [-0.3, -0.25) is 4.79 Å². The van der Waals surface area contributed by atoms with Gasteiger partial charge in [0.2, 0.25) is 5.91 Å². The zero-order valence-corrected chi connectivity index (χ0v) is 17.0. The zero-order chi connectivity index (χ0) is 19.2. The summed E-state index contributed by atoms with van der Waals surface area (Å²) < 4.78 is 5.77. The van der Waals surface area contributed by atoms with Crippen LogP contribution in [0.4, 0.5) is 0 Å². The molecule has 1 amide bonds. The summed E-state index contributed by atoms with van der Waals surface area (Å²) in [6, 6.07) is 6.45. The van der Waals surface area contributed by atoms with Gasteiger partial charge in [0, 0.05) is 24.4 Å². The van der Waals surface area contributed by atoms with Crippen LogP contribution in [0.15, 0.2) is 18.2 Å². The molecule has 0 radical (unpaired) electrons. The van der Waals surface area contributed by atoms with Crippen LogP contribution in [0.5, 0.6) is 5.75 Å². The third-order valence-corrected chi connectivity index (χ3v) is 7.20. The van der Waals surface area contributed by atoms with Crippen LogP contribution < -0.4 is 4.74 Å². The summed E-state index contributed by atoms with van der Waals surface area (Å²) in [4.78, 5) is 14.6. The summed E-state index contributed by atoms with van der Waals surface area (Å²) in [5, 5.41) is 9.88. The van der Waals surface area contributed by atoms with E-state index in [0.29, 0.717) is 30.8 Å². The lowest BCUT2D eigenvalue weighted by Gasteiger charge is -2.55. The molecule has 4 rings (SSSR count). The van der Waals surface area contributed by atoms with Crippen LogP contribution >= 0.6 is 0 Å². The van der Waals surface area contributed by atoms with Gasteiger partial charge in [-0.1, -0.05) is 12.1 Å². The highest BCUT2D eigenvalue weighted by Crippen LogP contribution is 2.50. The molecular weight excluding hydrogens is 338 g/mol. The van der Waals surface area contributed by atoms with Crippen molar-refractivity contribution in [3.63, 3.8) is 0 Å². The molecule has 148 valence electrons. The lowest BCUT2D eigenvalue weighted by molar-refractivity contribution is -0.163.